The van der Waals surface area contributed by atoms with Gasteiger partial charge < -0.3 is 10.1 Å². The summed E-state index contributed by atoms with van der Waals surface area (Å²) < 4.78 is 4.49. The summed E-state index contributed by atoms with van der Waals surface area (Å²) in [7, 11) is 1.30. The van der Waals surface area contributed by atoms with E-state index in [4.69, 9.17) is 0 Å². The summed E-state index contributed by atoms with van der Waals surface area (Å²) >= 11 is 0. The summed E-state index contributed by atoms with van der Waals surface area (Å²) in [6.45, 7) is 7.10. The Kier molecular flexibility index (Phi) is 4.34. The van der Waals surface area contributed by atoms with Crippen molar-refractivity contribution >= 4 is 11.9 Å². The van der Waals surface area contributed by atoms with Crippen LogP contribution in [-0.4, -0.2) is 19.0 Å². The van der Waals surface area contributed by atoms with E-state index in [0.717, 1.165) is 0 Å². The van der Waals surface area contributed by atoms with Crippen LogP contribution in [-0.2, 0) is 14.3 Å². The number of hydrogen-bond donors (Lipinski definition) is 1. The highest BCUT2D eigenvalue weighted by Gasteiger charge is 2.19. The lowest BCUT2D eigenvalue weighted by molar-refractivity contribution is -0.134. The van der Waals surface area contributed by atoms with Gasteiger partial charge in [-0.2, -0.15) is 0 Å². The molecule has 0 aliphatic heterocycles. The van der Waals surface area contributed by atoms with E-state index in [1.165, 1.54) is 20.1 Å². The van der Waals surface area contributed by atoms with Gasteiger partial charge in [0, 0.05) is 24.1 Å². The third-order valence-electron chi connectivity index (χ3n) is 1.58. The average Bonchev–Trinajstić information content (AvgIpc) is 2.00. The molecule has 0 saturated heterocycles. The van der Waals surface area contributed by atoms with Crippen molar-refractivity contribution in [3.63, 3.8) is 0 Å². The summed E-state index contributed by atoms with van der Waals surface area (Å²) in [5.74, 6) is -0.668. The Balaban J connectivity index is 4.82. The molecule has 4 nitrogen and oxygen atoms in total. The molecule has 4 heteroatoms. The molecule has 0 aliphatic carbocycles. The number of nitrogens with one attached hydrogen (secondary N) is 1. The minimum Gasteiger partial charge on any atom is -0.466 e. The Bertz CT molecular complexity index is 261. The number of rotatable bonds is 2. The molecule has 0 aliphatic rings. The Morgan fingerprint density at radius 2 is 1.79 bits per heavy atom. The molecule has 0 atom stereocenters. The fraction of sp³-hybridized carbons (Fsp3) is 0.600. The van der Waals surface area contributed by atoms with Crippen LogP contribution in [0.1, 0.15) is 27.7 Å². The van der Waals surface area contributed by atoms with Crippen LogP contribution in [0.25, 0.3) is 0 Å². The van der Waals surface area contributed by atoms with Crippen LogP contribution in [0.4, 0.5) is 0 Å². The van der Waals surface area contributed by atoms with Gasteiger partial charge in [0.1, 0.15) is 0 Å². The van der Waals surface area contributed by atoms with Crippen molar-refractivity contribution in [3.8, 4) is 0 Å². The zero-order valence-electron chi connectivity index (χ0n) is 9.30. The first kappa shape index (κ1) is 12.7. The standard InChI is InChI=1S/C10H17NO3/c1-7(12)11-8(10(2,3)4)6-9(13)14-5/h6H,1-5H3,(H,11,12)/b8-6-. The first-order chi connectivity index (χ1) is 6.27. The second-order valence-corrected chi connectivity index (χ2v) is 4.01. The number of carbonyl (C=O) groups is 2. The van der Waals surface area contributed by atoms with Crippen LogP contribution in [0.15, 0.2) is 11.8 Å². The number of allylic oxidation sites excluding steroid dienone is 1. The number of methoxy groups -OCH3 is 1. The Labute approximate surface area is 84.3 Å². The topological polar surface area (TPSA) is 55.4 Å². The molecule has 0 aromatic rings. The SMILES string of the molecule is COC(=O)/C=C(\NC(C)=O)C(C)(C)C. The van der Waals surface area contributed by atoms with Gasteiger partial charge >= 0.3 is 5.97 Å². The van der Waals surface area contributed by atoms with E-state index < -0.39 is 5.97 Å². The molecule has 0 fully saturated rings. The molecule has 0 spiro atoms. The quantitative estimate of drug-likeness (QED) is 0.537. The van der Waals surface area contributed by atoms with Gasteiger partial charge in [0.2, 0.25) is 5.91 Å². The molecule has 0 aromatic heterocycles. The monoisotopic (exact) mass is 199 g/mol. The first-order valence-electron chi connectivity index (χ1n) is 4.35. The number of esters is 1. The van der Waals surface area contributed by atoms with E-state index in [1.54, 1.807) is 0 Å². The van der Waals surface area contributed by atoms with Gasteiger partial charge in [-0.05, 0) is 0 Å². The third kappa shape index (κ3) is 4.64. The second kappa shape index (κ2) is 4.79. The highest BCUT2D eigenvalue weighted by molar-refractivity contribution is 5.84. The lowest BCUT2D eigenvalue weighted by Gasteiger charge is -2.22. The Morgan fingerprint density at radius 1 is 1.29 bits per heavy atom. The molecular weight excluding hydrogens is 182 g/mol. The Morgan fingerprint density at radius 3 is 2.07 bits per heavy atom. The molecule has 0 bridgehead atoms. The molecule has 1 N–H and O–H groups in total. The van der Waals surface area contributed by atoms with E-state index in [9.17, 15) is 9.59 Å². The summed E-state index contributed by atoms with van der Waals surface area (Å²) in [5.41, 5.74) is 0.261. The molecule has 1 amide bonds. The Hall–Kier alpha value is -1.32. The molecule has 0 unspecified atom stereocenters. The maximum absolute atomic E-state index is 11.0. The molecule has 0 radical (unpaired) electrons. The van der Waals surface area contributed by atoms with Crippen LogP contribution >= 0.6 is 0 Å². The van der Waals surface area contributed by atoms with E-state index in [1.807, 2.05) is 20.8 Å². The second-order valence-electron chi connectivity index (χ2n) is 4.01. The van der Waals surface area contributed by atoms with Crippen LogP contribution in [0, 0.1) is 5.41 Å². The molecule has 0 saturated carbocycles. The zero-order valence-corrected chi connectivity index (χ0v) is 9.30. The molecule has 0 heterocycles. The van der Waals surface area contributed by atoms with Gasteiger partial charge in [-0.1, -0.05) is 20.8 Å². The summed E-state index contributed by atoms with van der Waals surface area (Å²) in [6, 6.07) is 0. The van der Waals surface area contributed by atoms with Crippen molar-refractivity contribution in [3.05, 3.63) is 11.8 Å². The van der Waals surface area contributed by atoms with Crippen LogP contribution < -0.4 is 5.32 Å². The van der Waals surface area contributed by atoms with Gasteiger partial charge in [-0.25, -0.2) is 4.79 Å². The molecule has 80 valence electrons. The first-order valence-corrected chi connectivity index (χ1v) is 4.35. The number of amides is 1. The van der Waals surface area contributed by atoms with Crippen molar-refractivity contribution in [2.24, 2.45) is 5.41 Å². The van der Waals surface area contributed by atoms with Gasteiger partial charge in [0.25, 0.3) is 0 Å². The number of hydrogen-bond acceptors (Lipinski definition) is 3. The van der Waals surface area contributed by atoms with Gasteiger partial charge in [-0.15, -0.1) is 0 Å². The summed E-state index contributed by atoms with van der Waals surface area (Å²) in [6.07, 6.45) is 1.29. The largest absolute Gasteiger partial charge is 0.466 e. The predicted molar refractivity (Wildman–Crippen MR) is 53.4 cm³/mol. The van der Waals surface area contributed by atoms with Crippen molar-refractivity contribution in [1.82, 2.24) is 5.32 Å². The molecular formula is C10H17NO3. The van der Waals surface area contributed by atoms with E-state index in [2.05, 4.69) is 10.1 Å². The van der Waals surface area contributed by atoms with Crippen molar-refractivity contribution in [2.75, 3.05) is 7.11 Å². The number of ether oxygens (including phenoxy) is 1. The third-order valence-corrected chi connectivity index (χ3v) is 1.58. The zero-order chi connectivity index (χ0) is 11.4. The minimum atomic E-state index is -0.469. The molecule has 0 aromatic carbocycles. The number of carbonyl (C=O) groups excluding carboxylic acids is 2. The highest BCUT2D eigenvalue weighted by atomic mass is 16.5. The molecule has 14 heavy (non-hydrogen) atoms. The van der Waals surface area contributed by atoms with Gasteiger partial charge in [-0.3, -0.25) is 4.79 Å². The van der Waals surface area contributed by atoms with Crippen molar-refractivity contribution in [2.45, 2.75) is 27.7 Å². The minimum absolute atomic E-state index is 0.199. The lowest BCUT2D eigenvalue weighted by atomic mass is 9.91. The summed E-state index contributed by atoms with van der Waals surface area (Å²) in [4.78, 5) is 21.9. The lowest BCUT2D eigenvalue weighted by Crippen LogP contribution is -2.29. The maximum atomic E-state index is 11.0. The summed E-state index contributed by atoms with van der Waals surface area (Å²) in [5, 5.41) is 2.61. The fourth-order valence-electron chi connectivity index (χ4n) is 0.807. The van der Waals surface area contributed by atoms with Crippen LogP contribution in [0.3, 0.4) is 0 Å². The maximum Gasteiger partial charge on any atom is 0.332 e. The normalized spacial score (nSPS) is 12.2. The average molecular weight is 199 g/mol. The van der Waals surface area contributed by atoms with Gasteiger partial charge in [0.05, 0.1) is 7.11 Å². The van der Waals surface area contributed by atoms with E-state index in [0.29, 0.717) is 5.70 Å². The van der Waals surface area contributed by atoms with Crippen molar-refractivity contribution in [1.29, 1.82) is 0 Å². The van der Waals surface area contributed by atoms with Crippen LogP contribution in [0.2, 0.25) is 0 Å². The van der Waals surface area contributed by atoms with Crippen LogP contribution in [0.5, 0.6) is 0 Å². The van der Waals surface area contributed by atoms with Crippen molar-refractivity contribution < 1.29 is 14.3 Å². The predicted octanol–water partition coefficient (Wildman–Crippen LogP) is 1.23. The van der Waals surface area contributed by atoms with Gasteiger partial charge in [0.15, 0.2) is 0 Å². The van der Waals surface area contributed by atoms with E-state index >= 15 is 0 Å². The smallest absolute Gasteiger partial charge is 0.332 e. The fourth-order valence-corrected chi connectivity index (χ4v) is 0.807. The van der Waals surface area contributed by atoms with E-state index in [-0.39, 0.29) is 11.3 Å². The molecule has 0 rings (SSSR count). The highest BCUT2D eigenvalue weighted by Crippen LogP contribution is 2.22.